The predicted molar refractivity (Wildman–Crippen MR) is 127 cm³/mol. The number of piperazine rings is 1. The van der Waals surface area contributed by atoms with Crippen molar-refractivity contribution in [2.75, 3.05) is 26.2 Å². The third-order valence-corrected chi connectivity index (χ3v) is 6.08. The highest BCUT2D eigenvalue weighted by atomic mass is 19.1. The average molecular weight is 466 g/mol. The van der Waals surface area contributed by atoms with Crippen LogP contribution >= 0.6 is 0 Å². The summed E-state index contributed by atoms with van der Waals surface area (Å²) in [5, 5.41) is 13.2. The van der Waals surface area contributed by atoms with Gasteiger partial charge in [0, 0.05) is 56.9 Å². The Kier molecular flexibility index (Phi) is 8.00. The molecule has 0 saturated carbocycles. The molecule has 0 unspecified atom stereocenters. The van der Waals surface area contributed by atoms with Gasteiger partial charge in [-0.25, -0.2) is 8.78 Å². The highest BCUT2D eigenvalue weighted by Crippen LogP contribution is 2.18. The summed E-state index contributed by atoms with van der Waals surface area (Å²) in [6.45, 7) is 3.66. The lowest BCUT2D eigenvalue weighted by atomic mass is 10.1. The van der Waals surface area contributed by atoms with Crippen LogP contribution in [-0.4, -0.2) is 53.0 Å². The number of hydrogen-bond donors (Lipinski definition) is 2. The van der Waals surface area contributed by atoms with E-state index in [0.717, 1.165) is 49.9 Å². The van der Waals surface area contributed by atoms with Crippen molar-refractivity contribution in [1.82, 2.24) is 15.1 Å². The number of nitrogens with zero attached hydrogens (tertiary/aromatic N) is 2. The minimum absolute atomic E-state index is 0.0129. The molecule has 34 heavy (non-hydrogen) atoms. The predicted octanol–water partition coefficient (Wildman–Crippen LogP) is 3.57. The molecule has 0 spiro atoms. The number of rotatable bonds is 8. The van der Waals surface area contributed by atoms with Crippen molar-refractivity contribution >= 4 is 5.91 Å². The van der Waals surface area contributed by atoms with Gasteiger partial charge in [0.2, 0.25) is 0 Å². The Morgan fingerprint density at radius 3 is 2.38 bits per heavy atom. The van der Waals surface area contributed by atoms with Gasteiger partial charge in [-0.05, 0) is 28.8 Å². The summed E-state index contributed by atoms with van der Waals surface area (Å²) in [4.78, 5) is 17.3. The number of aliphatic hydroxyl groups is 1. The highest BCUT2D eigenvalue weighted by Gasteiger charge is 2.26. The van der Waals surface area contributed by atoms with E-state index in [4.69, 9.17) is 0 Å². The summed E-state index contributed by atoms with van der Waals surface area (Å²) in [6.07, 6.45) is 0. The number of benzene rings is 3. The molecule has 3 aromatic rings. The first kappa shape index (κ1) is 24.0. The molecule has 1 aliphatic heterocycles. The van der Waals surface area contributed by atoms with Crippen molar-refractivity contribution in [3.63, 3.8) is 0 Å². The van der Waals surface area contributed by atoms with Gasteiger partial charge >= 0.3 is 0 Å². The number of aliphatic hydroxyl groups excluding tert-OH is 1. The van der Waals surface area contributed by atoms with Crippen LogP contribution in [0.4, 0.5) is 8.78 Å². The first-order valence-corrected chi connectivity index (χ1v) is 11.4. The molecule has 5 nitrogen and oxygen atoms in total. The Morgan fingerprint density at radius 1 is 1.00 bits per heavy atom. The number of nitrogens with one attached hydrogen (secondary N) is 1. The fourth-order valence-corrected chi connectivity index (χ4v) is 4.42. The van der Waals surface area contributed by atoms with Crippen LogP contribution in [0.15, 0.2) is 72.8 Å². The first-order valence-electron chi connectivity index (χ1n) is 11.4. The van der Waals surface area contributed by atoms with Crippen LogP contribution < -0.4 is 5.32 Å². The molecule has 1 saturated heterocycles. The zero-order chi connectivity index (χ0) is 23.9. The second-order valence-corrected chi connectivity index (χ2v) is 8.64. The Hall–Kier alpha value is -3.13. The van der Waals surface area contributed by atoms with E-state index in [-0.39, 0.29) is 24.8 Å². The zero-order valence-corrected chi connectivity index (χ0v) is 19.0. The van der Waals surface area contributed by atoms with Crippen LogP contribution in [0.25, 0.3) is 0 Å². The zero-order valence-electron chi connectivity index (χ0n) is 19.0. The number of hydrogen-bond acceptors (Lipinski definition) is 4. The SMILES string of the molecule is O=C(c1cc(F)cc(F)c1)N(Cc1ccccc1CO)C[C@@H]1CN(Cc2ccccc2)CCN1. The van der Waals surface area contributed by atoms with E-state index in [9.17, 15) is 18.7 Å². The van der Waals surface area contributed by atoms with E-state index < -0.39 is 17.5 Å². The second-order valence-electron chi connectivity index (χ2n) is 8.64. The summed E-state index contributed by atoms with van der Waals surface area (Å²) in [5.41, 5.74) is 2.71. The maximum atomic E-state index is 13.9. The number of carbonyl (C=O) groups excluding carboxylic acids is 1. The Balaban J connectivity index is 1.54. The van der Waals surface area contributed by atoms with Crippen LogP contribution in [-0.2, 0) is 19.7 Å². The number of amides is 1. The van der Waals surface area contributed by atoms with E-state index in [1.807, 2.05) is 36.4 Å². The molecule has 1 atom stereocenters. The molecular formula is C27H29F2N3O2. The Morgan fingerprint density at radius 2 is 1.68 bits per heavy atom. The lowest BCUT2D eigenvalue weighted by Crippen LogP contribution is -2.55. The maximum absolute atomic E-state index is 13.9. The largest absolute Gasteiger partial charge is 0.392 e. The van der Waals surface area contributed by atoms with Gasteiger partial charge in [0.25, 0.3) is 5.91 Å². The molecule has 178 valence electrons. The number of halogens is 2. The van der Waals surface area contributed by atoms with Crippen molar-refractivity contribution in [3.05, 3.63) is 107 Å². The smallest absolute Gasteiger partial charge is 0.254 e. The molecule has 1 amide bonds. The van der Waals surface area contributed by atoms with Crippen LogP contribution in [0.2, 0.25) is 0 Å². The van der Waals surface area contributed by atoms with Crippen molar-refractivity contribution in [3.8, 4) is 0 Å². The Bertz CT molecular complexity index is 1090. The fraction of sp³-hybridized carbons (Fsp3) is 0.296. The summed E-state index contributed by atoms with van der Waals surface area (Å²) in [5.74, 6) is -2.03. The summed E-state index contributed by atoms with van der Waals surface area (Å²) in [7, 11) is 0. The van der Waals surface area contributed by atoms with Gasteiger partial charge in [-0.1, -0.05) is 54.6 Å². The van der Waals surface area contributed by atoms with Gasteiger partial charge in [-0.2, -0.15) is 0 Å². The van der Waals surface area contributed by atoms with Crippen molar-refractivity contribution < 1.29 is 18.7 Å². The molecule has 7 heteroatoms. The molecule has 0 bridgehead atoms. The normalized spacial score (nSPS) is 16.4. The van der Waals surface area contributed by atoms with Crippen molar-refractivity contribution in [2.45, 2.75) is 25.7 Å². The van der Waals surface area contributed by atoms with Crippen LogP contribution in [0.5, 0.6) is 0 Å². The third kappa shape index (κ3) is 6.26. The van der Waals surface area contributed by atoms with Crippen molar-refractivity contribution in [1.29, 1.82) is 0 Å². The fourth-order valence-electron chi connectivity index (χ4n) is 4.42. The molecule has 0 aromatic heterocycles. The topological polar surface area (TPSA) is 55.8 Å². The molecule has 0 aliphatic carbocycles. The number of carbonyl (C=O) groups is 1. The first-order chi connectivity index (χ1) is 16.5. The van der Waals surface area contributed by atoms with E-state index in [1.165, 1.54) is 5.56 Å². The van der Waals surface area contributed by atoms with Gasteiger partial charge in [-0.15, -0.1) is 0 Å². The monoisotopic (exact) mass is 465 g/mol. The van der Waals surface area contributed by atoms with Crippen LogP contribution in [0.1, 0.15) is 27.0 Å². The van der Waals surface area contributed by atoms with Crippen LogP contribution in [0.3, 0.4) is 0 Å². The van der Waals surface area contributed by atoms with Gasteiger partial charge in [0.15, 0.2) is 0 Å². The molecule has 1 heterocycles. The molecule has 3 aromatic carbocycles. The molecule has 1 aliphatic rings. The van der Waals surface area contributed by atoms with Crippen molar-refractivity contribution in [2.24, 2.45) is 0 Å². The molecule has 1 fully saturated rings. The molecule has 4 rings (SSSR count). The summed E-state index contributed by atoms with van der Waals surface area (Å²) >= 11 is 0. The standard InChI is InChI=1S/C27H29F2N3O2/c28-24-12-23(13-25(29)14-24)27(34)32(16-21-8-4-5-9-22(21)19-33)18-26-17-31(11-10-30-26)15-20-6-2-1-3-7-20/h1-9,12-14,26,30,33H,10-11,15-19H2/t26-/m0/s1. The molecule has 0 radical (unpaired) electrons. The van der Waals surface area contributed by atoms with Gasteiger partial charge in [-0.3, -0.25) is 9.69 Å². The average Bonchev–Trinajstić information content (AvgIpc) is 2.84. The van der Waals surface area contributed by atoms with Gasteiger partial charge in [0.1, 0.15) is 11.6 Å². The summed E-state index contributed by atoms with van der Waals surface area (Å²) < 4.78 is 27.7. The quantitative estimate of drug-likeness (QED) is 0.534. The van der Waals surface area contributed by atoms with Gasteiger partial charge < -0.3 is 15.3 Å². The minimum atomic E-state index is -0.788. The summed E-state index contributed by atoms with van der Waals surface area (Å²) in [6, 6.07) is 20.4. The molecule has 2 N–H and O–H groups in total. The molecular weight excluding hydrogens is 436 g/mol. The lowest BCUT2D eigenvalue weighted by Gasteiger charge is -2.37. The van der Waals surface area contributed by atoms with E-state index >= 15 is 0 Å². The van der Waals surface area contributed by atoms with Gasteiger partial charge in [0.05, 0.1) is 6.61 Å². The van der Waals surface area contributed by atoms with Crippen LogP contribution in [0, 0.1) is 11.6 Å². The lowest BCUT2D eigenvalue weighted by molar-refractivity contribution is 0.0692. The minimum Gasteiger partial charge on any atom is -0.392 e. The Labute approximate surface area is 198 Å². The third-order valence-electron chi connectivity index (χ3n) is 6.08. The van der Waals surface area contributed by atoms with E-state index in [2.05, 4.69) is 22.3 Å². The second kappa shape index (κ2) is 11.3. The van der Waals surface area contributed by atoms with E-state index in [1.54, 1.807) is 11.0 Å². The highest BCUT2D eigenvalue weighted by molar-refractivity contribution is 5.94. The van der Waals surface area contributed by atoms with E-state index in [0.29, 0.717) is 12.1 Å². The maximum Gasteiger partial charge on any atom is 0.254 e.